The number of alkyl carbamates (subject to hydrolysis) is 1. The molecule has 0 bridgehead atoms. The number of benzene rings is 1. The Morgan fingerprint density at radius 3 is 2.90 bits per heavy atom. The van der Waals surface area contributed by atoms with Crippen molar-refractivity contribution in [2.24, 2.45) is 0 Å². The predicted molar refractivity (Wildman–Crippen MR) is 81.4 cm³/mol. The lowest BCUT2D eigenvalue weighted by Gasteiger charge is -2.16. The van der Waals surface area contributed by atoms with Gasteiger partial charge in [-0.15, -0.1) is 0 Å². The van der Waals surface area contributed by atoms with Crippen molar-refractivity contribution in [1.29, 1.82) is 0 Å². The summed E-state index contributed by atoms with van der Waals surface area (Å²) < 4.78 is 10.3. The van der Waals surface area contributed by atoms with Gasteiger partial charge in [0, 0.05) is 31.4 Å². The molecule has 1 aliphatic rings. The van der Waals surface area contributed by atoms with Crippen LogP contribution in [0.3, 0.4) is 0 Å². The number of carbonyl (C=O) groups is 1. The Labute approximate surface area is 125 Å². The second-order valence-electron chi connectivity index (χ2n) is 5.19. The van der Waals surface area contributed by atoms with Gasteiger partial charge in [-0.25, -0.2) is 4.79 Å². The van der Waals surface area contributed by atoms with Crippen LogP contribution in [0.15, 0.2) is 24.3 Å². The summed E-state index contributed by atoms with van der Waals surface area (Å²) in [6.45, 7) is 3.51. The maximum Gasteiger partial charge on any atom is 0.407 e. The zero-order valence-corrected chi connectivity index (χ0v) is 12.4. The van der Waals surface area contributed by atoms with Gasteiger partial charge in [0.2, 0.25) is 0 Å². The van der Waals surface area contributed by atoms with E-state index in [0.29, 0.717) is 6.61 Å². The maximum atomic E-state index is 11.1. The quantitative estimate of drug-likeness (QED) is 0.613. The molecule has 0 aliphatic carbocycles. The molecule has 1 saturated heterocycles. The van der Waals surface area contributed by atoms with Gasteiger partial charge in [0.1, 0.15) is 5.75 Å². The number of nitrogens with two attached hydrogens (primary N) is 1. The maximum absolute atomic E-state index is 11.1. The molecule has 1 heterocycles. The SMILES string of the molecule is COC(=O)NC1CCN(CCCOc2ccc(N)cc2)C1. The monoisotopic (exact) mass is 293 g/mol. The van der Waals surface area contributed by atoms with E-state index in [4.69, 9.17) is 10.5 Å². The highest BCUT2D eigenvalue weighted by Crippen LogP contribution is 2.14. The summed E-state index contributed by atoms with van der Waals surface area (Å²) >= 11 is 0. The lowest BCUT2D eigenvalue weighted by atomic mass is 10.3. The number of hydrogen-bond donors (Lipinski definition) is 2. The molecule has 1 aromatic rings. The number of anilines is 1. The zero-order chi connectivity index (χ0) is 15.1. The van der Waals surface area contributed by atoms with Crippen LogP contribution in [0.2, 0.25) is 0 Å². The predicted octanol–water partition coefficient (Wildman–Crippen LogP) is 1.47. The summed E-state index contributed by atoms with van der Waals surface area (Å²) in [4.78, 5) is 13.5. The average Bonchev–Trinajstić information content (AvgIpc) is 2.93. The highest BCUT2D eigenvalue weighted by molar-refractivity contribution is 5.67. The molecular weight excluding hydrogens is 270 g/mol. The number of nitrogen functional groups attached to an aromatic ring is 1. The van der Waals surface area contributed by atoms with Crippen LogP contribution in [-0.2, 0) is 4.74 Å². The Kier molecular flexibility index (Phi) is 5.68. The molecule has 0 radical (unpaired) electrons. The van der Waals surface area contributed by atoms with Crippen LogP contribution in [0.25, 0.3) is 0 Å². The van der Waals surface area contributed by atoms with E-state index in [2.05, 4.69) is 15.0 Å². The second-order valence-corrected chi connectivity index (χ2v) is 5.19. The number of ether oxygens (including phenoxy) is 2. The van der Waals surface area contributed by atoms with E-state index < -0.39 is 0 Å². The standard InChI is InChI=1S/C15H23N3O3/c1-20-15(19)17-13-7-9-18(11-13)8-2-10-21-14-5-3-12(16)4-6-14/h3-6,13H,2,7-11,16H2,1H3,(H,17,19). The molecule has 116 valence electrons. The van der Waals surface area contributed by atoms with Crippen LogP contribution in [-0.4, -0.2) is 50.4 Å². The molecule has 1 aromatic carbocycles. The van der Waals surface area contributed by atoms with E-state index in [9.17, 15) is 4.79 Å². The summed E-state index contributed by atoms with van der Waals surface area (Å²) in [7, 11) is 1.39. The number of amides is 1. The van der Waals surface area contributed by atoms with Crippen LogP contribution in [0, 0.1) is 0 Å². The van der Waals surface area contributed by atoms with Gasteiger partial charge in [0.05, 0.1) is 13.7 Å². The first-order valence-corrected chi connectivity index (χ1v) is 7.22. The molecule has 0 aromatic heterocycles. The van der Waals surface area contributed by atoms with Crippen LogP contribution >= 0.6 is 0 Å². The summed E-state index contributed by atoms with van der Waals surface area (Å²) in [5.74, 6) is 0.843. The molecule has 3 N–H and O–H groups in total. The first-order chi connectivity index (χ1) is 10.2. The fourth-order valence-corrected chi connectivity index (χ4v) is 2.42. The molecule has 0 saturated carbocycles. The molecular formula is C15H23N3O3. The molecule has 0 spiro atoms. The van der Waals surface area contributed by atoms with Crippen molar-refractivity contribution in [1.82, 2.24) is 10.2 Å². The van der Waals surface area contributed by atoms with Crippen molar-refractivity contribution < 1.29 is 14.3 Å². The van der Waals surface area contributed by atoms with E-state index in [1.54, 1.807) is 0 Å². The van der Waals surface area contributed by atoms with Gasteiger partial charge in [-0.1, -0.05) is 0 Å². The van der Waals surface area contributed by atoms with Gasteiger partial charge in [-0.2, -0.15) is 0 Å². The summed E-state index contributed by atoms with van der Waals surface area (Å²) in [5.41, 5.74) is 6.36. The number of methoxy groups -OCH3 is 1. The summed E-state index contributed by atoms with van der Waals surface area (Å²) in [5, 5.41) is 2.83. The average molecular weight is 293 g/mol. The van der Waals surface area contributed by atoms with Gasteiger partial charge in [0.15, 0.2) is 0 Å². The second kappa shape index (κ2) is 7.73. The number of nitrogens with zero attached hydrogens (tertiary/aromatic N) is 1. The lowest BCUT2D eigenvalue weighted by molar-refractivity contribution is 0.166. The third kappa shape index (κ3) is 5.15. The van der Waals surface area contributed by atoms with Crippen molar-refractivity contribution in [2.75, 3.05) is 39.1 Å². The Bertz CT molecular complexity index is 450. The van der Waals surface area contributed by atoms with Gasteiger partial charge < -0.3 is 25.4 Å². The van der Waals surface area contributed by atoms with Crippen LogP contribution in [0.1, 0.15) is 12.8 Å². The Morgan fingerprint density at radius 2 is 2.19 bits per heavy atom. The van der Waals surface area contributed by atoms with Crippen LogP contribution in [0.5, 0.6) is 5.75 Å². The fourth-order valence-electron chi connectivity index (χ4n) is 2.42. The molecule has 6 heteroatoms. The summed E-state index contributed by atoms with van der Waals surface area (Å²) in [6.07, 6.45) is 1.57. The van der Waals surface area contributed by atoms with Crippen LogP contribution < -0.4 is 15.8 Å². The summed E-state index contributed by atoms with van der Waals surface area (Å²) in [6, 6.07) is 7.61. The molecule has 2 rings (SSSR count). The third-order valence-corrected chi connectivity index (χ3v) is 3.55. The number of hydrogen-bond acceptors (Lipinski definition) is 5. The molecule has 1 fully saturated rings. The molecule has 21 heavy (non-hydrogen) atoms. The number of nitrogens with one attached hydrogen (secondary N) is 1. The van der Waals surface area contributed by atoms with Gasteiger partial charge >= 0.3 is 6.09 Å². The molecule has 1 amide bonds. The van der Waals surface area contributed by atoms with Gasteiger partial charge in [-0.05, 0) is 37.1 Å². The highest BCUT2D eigenvalue weighted by Gasteiger charge is 2.23. The number of rotatable bonds is 6. The van der Waals surface area contributed by atoms with Gasteiger partial charge in [-0.3, -0.25) is 0 Å². The highest BCUT2D eigenvalue weighted by atomic mass is 16.5. The minimum atomic E-state index is -0.353. The van der Waals surface area contributed by atoms with E-state index >= 15 is 0 Å². The molecule has 1 unspecified atom stereocenters. The van der Waals surface area contributed by atoms with Gasteiger partial charge in [0.25, 0.3) is 0 Å². The van der Waals surface area contributed by atoms with E-state index in [1.165, 1.54) is 7.11 Å². The third-order valence-electron chi connectivity index (χ3n) is 3.55. The minimum Gasteiger partial charge on any atom is -0.494 e. The van der Waals surface area contributed by atoms with Crippen molar-refractivity contribution >= 4 is 11.8 Å². The van der Waals surface area contributed by atoms with E-state index in [-0.39, 0.29) is 12.1 Å². The topological polar surface area (TPSA) is 76.8 Å². The van der Waals surface area contributed by atoms with Crippen LogP contribution in [0.4, 0.5) is 10.5 Å². The first kappa shape index (κ1) is 15.4. The van der Waals surface area contributed by atoms with Crippen molar-refractivity contribution in [3.8, 4) is 5.75 Å². The van der Waals surface area contributed by atoms with Crippen molar-refractivity contribution in [3.63, 3.8) is 0 Å². The van der Waals surface area contributed by atoms with E-state index in [0.717, 1.165) is 43.9 Å². The van der Waals surface area contributed by atoms with Crippen molar-refractivity contribution in [2.45, 2.75) is 18.9 Å². The Balaban J connectivity index is 1.59. The normalized spacial score (nSPS) is 18.4. The number of likely N-dealkylation sites (tertiary alicyclic amines) is 1. The Hall–Kier alpha value is -1.95. The molecule has 1 aliphatic heterocycles. The first-order valence-electron chi connectivity index (χ1n) is 7.22. The number of carbonyl (C=O) groups excluding carboxylic acids is 1. The molecule has 6 nitrogen and oxygen atoms in total. The smallest absolute Gasteiger partial charge is 0.407 e. The minimum absolute atomic E-state index is 0.190. The Morgan fingerprint density at radius 1 is 1.43 bits per heavy atom. The van der Waals surface area contributed by atoms with Crippen molar-refractivity contribution in [3.05, 3.63) is 24.3 Å². The largest absolute Gasteiger partial charge is 0.494 e. The zero-order valence-electron chi connectivity index (χ0n) is 12.4. The fraction of sp³-hybridized carbons (Fsp3) is 0.533. The lowest BCUT2D eigenvalue weighted by Crippen LogP contribution is -2.37. The van der Waals surface area contributed by atoms with E-state index in [1.807, 2.05) is 24.3 Å². The molecule has 1 atom stereocenters.